The number of fused-ring (bicyclic) bond motifs is 4. The SMILES string of the molecule is C=C/C=C\C1=C(C)c2ccccc2C1COC(=O)NCCOCCOCC(=O)NC1CCC(OC)C(C(N)=O)C1O.CC.COC.O=C(O)COCCOCCNC(=O)OCC1c2ccccc2-c2ccccc21. The molecule has 0 spiro atoms. The van der Waals surface area contributed by atoms with E-state index in [4.69, 9.17) is 44.0 Å². The maximum atomic E-state index is 12.2. The van der Waals surface area contributed by atoms with Crippen LogP contribution in [0.1, 0.15) is 67.7 Å². The smallest absolute Gasteiger partial charge is 0.407 e. The van der Waals surface area contributed by atoms with Gasteiger partial charge in [0.05, 0.1) is 63.8 Å². The fourth-order valence-electron chi connectivity index (χ4n) is 8.58. The van der Waals surface area contributed by atoms with Gasteiger partial charge in [0.1, 0.15) is 26.4 Å². The molecule has 6 rings (SSSR count). The number of carboxylic acid groups (broad SMARTS) is 1. The van der Waals surface area contributed by atoms with E-state index < -0.39 is 54.1 Å². The number of primary amides is 1. The second-order valence-corrected chi connectivity index (χ2v) is 16.7. The third-order valence-corrected chi connectivity index (χ3v) is 11.8. The summed E-state index contributed by atoms with van der Waals surface area (Å²) in [5.41, 5.74) is 14.6. The molecule has 0 radical (unpaired) electrons. The molecule has 5 atom stereocenters. The number of hydrogen-bond donors (Lipinski definition) is 6. The summed E-state index contributed by atoms with van der Waals surface area (Å²) in [6.45, 7) is 11.6. The lowest BCUT2D eigenvalue weighted by molar-refractivity contribution is -0.142. The summed E-state index contributed by atoms with van der Waals surface area (Å²) in [5, 5.41) is 26.9. The van der Waals surface area contributed by atoms with E-state index in [0.29, 0.717) is 26.0 Å². The number of aliphatic hydroxyl groups is 1. The van der Waals surface area contributed by atoms with Gasteiger partial charge >= 0.3 is 18.2 Å². The molecule has 3 aromatic carbocycles. The Morgan fingerprint density at radius 1 is 0.689 bits per heavy atom. The molecule has 406 valence electrons. The molecule has 5 unspecified atom stereocenters. The normalized spacial score (nSPS) is 18.1. The molecule has 3 aliphatic carbocycles. The van der Waals surface area contributed by atoms with Crippen LogP contribution in [0.4, 0.5) is 9.59 Å². The zero-order valence-electron chi connectivity index (χ0n) is 43.5. The van der Waals surface area contributed by atoms with Crippen LogP contribution in [0, 0.1) is 5.92 Å². The molecule has 1 fully saturated rings. The molecular formula is C55H76N4O15. The van der Waals surface area contributed by atoms with Gasteiger partial charge in [0.2, 0.25) is 11.8 Å². The Bertz CT molecular complexity index is 2240. The van der Waals surface area contributed by atoms with Crippen LogP contribution < -0.4 is 21.7 Å². The summed E-state index contributed by atoms with van der Waals surface area (Å²) in [6.07, 6.45) is 3.90. The number of amides is 4. The van der Waals surface area contributed by atoms with Crippen molar-refractivity contribution in [1.82, 2.24) is 16.0 Å². The van der Waals surface area contributed by atoms with E-state index in [2.05, 4.69) is 70.6 Å². The summed E-state index contributed by atoms with van der Waals surface area (Å²) in [7, 11) is 4.71. The number of allylic oxidation sites excluding steroid dienone is 4. The highest BCUT2D eigenvalue weighted by Crippen LogP contribution is 2.45. The largest absolute Gasteiger partial charge is 0.480 e. The molecule has 0 aliphatic heterocycles. The van der Waals surface area contributed by atoms with Crippen LogP contribution in [0.15, 0.2) is 103 Å². The van der Waals surface area contributed by atoms with Crippen molar-refractivity contribution in [2.24, 2.45) is 11.7 Å². The summed E-state index contributed by atoms with van der Waals surface area (Å²) in [6, 6.07) is 23.8. The molecule has 74 heavy (non-hydrogen) atoms. The zero-order chi connectivity index (χ0) is 54.3. The van der Waals surface area contributed by atoms with Crippen LogP contribution in [0.25, 0.3) is 16.7 Å². The highest BCUT2D eigenvalue weighted by Gasteiger charge is 2.42. The Morgan fingerprint density at radius 3 is 1.66 bits per heavy atom. The molecule has 1 saturated carbocycles. The van der Waals surface area contributed by atoms with Crippen molar-refractivity contribution in [2.45, 2.75) is 63.7 Å². The van der Waals surface area contributed by atoms with Crippen molar-refractivity contribution < 1.29 is 72.1 Å². The van der Waals surface area contributed by atoms with E-state index >= 15 is 0 Å². The van der Waals surface area contributed by atoms with Gasteiger partial charge in [-0.2, -0.15) is 0 Å². The van der Waals surface area contributed by atoms with Crippen molar-refractivity contribution in [1.29, 1.82) is 0 Å². The van der Waals surface area contributed by atoms with Gasteiger partial charge in [-0.05, 0) is 64.3 Å². The number of nitrogens with one attached hydrogen (secondary N) is 3. The van der Waals surface area contributed by atoms with E-state index in [1.165, 1.54) is 29.4 Å². The maximum absolute atomic E-state index is 12.2. The van der Waals surface area contributed by atoms with Crippen LogP contribution in [-0.4, -0.2) is 159 Å². The molecule has 0 aromatic heterocycles. The Labute approximate surface area is 434 Å². The number of hydrogen-bond acceptors (Lipinski definition) is 14. The van der Waals surface area contributed by atoms with Crippen molar-refractivity contribution in [3.8, 4) is 11.1 Å². The van der Waals surface area contributed by atoms with Crippen molar-refractivity contribution in [3.05, 3.63) is 125 Å². The first-order chi connectivity index (χ1) is 35.9. The minimum atomic E-state index is -1.14. The van der Waals surface area contributed by atoms with E-state index in [1.807, 2.05) is 62.4 Å². The number of carboxylic acids is 1. The first-order valence-electron chi connectivity index (χ1n) is 24.7. The molecule has 3 aliphatic rings. The number of nitrogens with two attached hydrogens (primary N) is 1. The highest BCUT2D eigenvalue weighted by atomic mass is 16.6. The van der Waals surface area contributed by atoms with Crippen molar-refractivity contribution in [2.75, 3.05) is 100 Å². The Balaban J connectivity index is 0.000000379. The van der Waals surface area contributed by atoms with Crippen LogP contribution in [0.3, 0.4) is 0 Å². The second kappa shape index (κ2) is 34.9. The van der Waals surface area contributed by atoms with Gasteiger partial charge in [0.15, 0.2) is 0 Å². The van der Waals surface area contributed by atoms with Crippen LogP contribution in [0.2, 0.25) is 0 Å². The maximum Gasteiger partial charge on any atom is 0.407 e. The molecule has 0 saturated heterocycles. The van der Waals surface area contributed by atoms with Crippen LogP contribution >= 0.6 is 0 Å². The van der Waals surface area contributed by atoms with Gasteiger partial charge < -0.3 is 69.8 Å². The Hall–Kier alpha value is -6.45. The number of ether oxygens (including phenoxy) is 8. The molecule has 0 bridgehead atoms. The lowest BCUT2D eigenvalue weighted by Gasteiger charge is -2.38. The van der Waals surface area contributed by atoms with Gasteiger partial charge in [-0.1, -0.05) is 111 Å². The number of aliphatic carboxylic acids is 1. The second-order valence-electron chi connectivity index (χ2n) is 16.7. The first-order valence-corrected chi connectivity index (χ1v) is 24.7. The molecule has 4 amide bonds. The predicted molar refractivity (Wildman–Crippen MR) is 279 cm³/mol. The van der Waals surface area contributed by atoms with Crippen molar-refractivity contribution >= 4 is 35.5 Å². The quantitative estimate of drug-likeness (QED) is 0.0436. The average molecular weight is 1030 g/mol. The summed E-state index contributed by atoms with van der Waals surface area (Å²) < 4.78 is 41.2. The molecule has 0 heterocycles. The lowest BCUT2D eigenvalue weighted by Crippen LogP contribution is -2.57. The topological polar surface area (TPSA) is 262 Å². The van der Waals surface area contributed by atoms with Crippen LogP contribution in [0.5, 0.6) is 0 Å². The number of alkyl carbamates (subject to hydrolysis) is 2. The monoisotopic (exact) mass is 1030 g/mol. The Kier molecular flexibility index (Phi) is 29.1. The van der Waals surface area contributed by atoms with Gasteiger partial charge in [-0.15, -0.1) is 0 Å². The highest BCUT2D eigenvalue weighted by molar-refractivity contribution is 5.81. The van der Waals surface area contributed by atoms with Gasteiger partial charge in [0, 0.05) is 46.3 Å². The minimum Gasteiger partial charge on any atom is -0.480 e. The zero-order valence-corrected chi connectivity index (χ0v) is 43.5. The summed E-state index contributed by atoms with van der Waals surface area (Å²) in [4.78, 5) is 58.4. The number of carbonyl (C=O) groups is 5. The number of aliphatic hydroxyl groups excluding tert-OH is 1. The van der Waals surface area contributed by atoms with E-state index in [1.54, 1.807) is 20.3 Å². The number of methoxy groups -OCH3 is 2. The Morgan fingerprint density at radius 2 is 1.16 bits per heavy atom. The molecule has 7 N–H and O–H groups in total. The fourth-order valence-corrected chi connectivity index (χ4v) is 8.58. The van der Waals surface area contributed by atoms with E-state index in [0.717, 1.165) is 22.3 Å². The molecule has 19 heteroatoms. The number of benzene rings is 3. The molecular weight excluding hydrogens is 957 g/mol. The first kappa shape index (κ1) is 61.8. The fraction of sp³-hybridized carbons (Fsp3) is 0.473. The van der Waals surface area contributed by atoms with Crippen molar-refractivity contribution in [3.63, 3.8) is 0 Å². The molecule has 3 aromatic rings. The third kappa shape index (κ3) is 19.8. The number of rotatable bonds is 25. The minimum absolute atomic E-state index is 0.0285. The van der Waals surface area contributed by atoms with Gasteiger partial charge in [-0.25, -0.2) is 14.4 Å². The molecule has 19 nitrogen and oxygen atoms in total. The number of carbonyl (C=O) groups excluding carboxylic acids is 4. The van der Waals surface area contributed by atoms with Gasteiger partial charge in [-0.3, -0.25) is 9.59 Å². The van der Waals surface area contributed by atoms with Gasteiger partial charge in [0.25, 0.3) is 0 Å². The van der Waals surface area contributed by atoms with Crippen LogP contribution in [-0.2, 0) is 52.3 Å². The summed E-state index contributed by atoms with van der Waals surface area (Å²) >= 11 is 0. The lowest BCUT2D eigenvalue weighted by atomic mass is 9.80. The average Bonchev–Trinajstić information content (AvgIpc) is 3.86. The summed E-state index contributed by atoms with van der Waals surface area (Å²) in [5.74, 6) is -3.02. The van der Waals surface area contributed by atoms with E-state index in [9.17, 15) is 29.1 Å². The standard InChI is InChI=1S/C30H41N3O8.C21H23NO6.C2H6O.C2H6/c1-4-5-8-21-19(2)20-9-6-7-10-22(20)23(21)17-41-30(37)32-13-14-39-15-16-40-18-26(34)33-24-11-12-25(38-3)27(28(24)35)29(31)36;23-20(24)14-27-12-11-26-10-9-22-21(25)28-13-19-17-7-3-1-5-15(17)16-6-2-4-8-18(16)19;1-3-2;1-2/h4-10,23-25,27-28,35H,1,11-18H2,2-3H3,(H2,31,36)(H,32,37)(H,33,34);1-8,19H,9-14H2,(H,22,25)(H,23,24);1-2H3;1-2H3/b8-5-;;;. The third-order valence-electron chi connectivity index (χ3n) is 11.8. The predicted octanol–water partition coefficient (Wildman–Crippen LogP) is 5.75. The van der Waals surface area contributed by atoms with E-state index in [-0.39, 0.29) is 77.8 Å².